The molecule has 0 aromatic heterocycles. The van der Waals surface area contributed by atoms with E-state index in [4.69, 9.17) is 0 Å². The van der Waals surface area contributed by atoms with E-state index in [-0.39, 0.29) is 0 Å². The van der Waals surface area contributed by atoms with Crippen molar-refractivity contribution in [3.63, 3.8) is 0 Å². The van der Waals surface area contributed by atoms with E-state index in [0.717, 1.165) is 37.5 Å². The lowest BCUT2D eigenvalue weighted by Crippen LogP contribution is -1.98. The molecule has 0 aromatic rings. The molecule has 2 aliphatic carbocycles. The highest BCUT2D eigenvalue weighted by Gasteiger charge is 2.34. The van der Waals surface area contributed by atoms with E-state index in [2.05, 4.69) is 12.2 Å². The topological polar surface area (TPSA) is 17.1 Å². The number of ketones is 1. The molecule has 1 fully saturated rings. The molecule has 2 atom stereocenters. The van der Waals surface area contributed by atoms with E-state index in [1.807, 2.05) is 0 Å². The van der Waals surface area contributed by atoms with Crippen LogP contribution in [0.1, 0.15) is 77.0 Å². The maximum absolute atomic E-state index is 11.7. The predicted molar refractivity (Wildman–Crippen MR) is 76.5 cm³/mol. The van der Waals surface area contributed by atoms with E-state index < -0.39 is 0 Å². The van der Waals surface area contributed by atoms with Crippen molar-refractivity contribution in [1.82, 2.24) is 0 Å². The summed E-state index contributed by atoms with van der Waals surface area (Å²) in [5.74, 6) is 2.47. The van der Waals surface area contributed by atoms with Gasteiger partial charge in [0.05, 0.1) is 0 Å². The molecular formula is C17H28O. The Morgan fingerprint density at radius 3 is 2.50 bits per heavy atom. The van der Waals surface area contributed by atoms with Crippen molar-refractivity contribution in [2.24, 2.45) is 11.8 Å². The maximum atomic E-state index is 11.7. The van der Waals surface area contributed by atoms with E-state index >= 15 is 0 Å². The van der Waals surface area contributed by atoms with E-state index in [1.165, 1.54) is 51.4 Å². The van der Waals surface area contributed by atoms with Gasteiger partial charge in [-0.05, 0) is 50.4 Å². The number of carbonyl (C=O) groups is 1. The van der Waals surface area contributed by atoms with Gasteiger partial charge in [0.25, 0.3) is 0 Å². The van der Waals surface area contributed by atoms with Crippen LogP contribution in [0.5, 0.6) is 0 Å². The lowest BCUT2D eigenvalue weighted by atomic mass is 10.0. The van der Waals surface area contributed by atoms with Gasteiger partial charge in [-0.25, -0.2) is 0 Å². The largest absolute Gasteiger partial charge is 0.300 e. The molecule has 0 aliphatic heterocycles. The summed E-state index contributed by atoms with van der Waals surface area (Å²) in [7, 11) is 0. The number of Topliss-reactive ketones (excluding diaryl/α,β-unsaturated/α-hetero) is 1. The van der Waals surface area contributed by atoms with Gasteiger partial charge < -0.3 is 0 Å². The van der Waals surface area contributed by atoms with Gasteiger partial charge in [0, 0.05) is 12.8 Å². The number of carbonyl (C=O) groups excluding carboxylic acids is 1. The van der Waals surface area contributed by atoms with Crippen LogP contribution in [0.2, 0.25) is 0 Å². The summed E-state index contributed by atoms with van der Waals surface area (Å²) in [4.78, 5) is 11.7. The minimum Gasteiger partial charge on any atom is -0.300 e. The van der Waals surface area contributed by atoms with E-state index in [0.29, 0.717) is 5.78 Å². The number of allylic oxidation sites excluding steroid dienone is 2. The van der Waals surface area contributed by atoms with Gasteiger partial charge in [0.15, 0.2) is 0 Å². The van der Waals surface area contributed by atoms with Gasteiger partial charge in [-0.15, -0.1) is 0 Å². The first kappa shape index (κ1) is 13.8. The van der Waals surface area contributed by atoms with Gasteiger partial charge in [-0.2, -0.15) is 0 Å². The minimum atomic E-state index is 0.509. The fourth-order valence-corrected chi connectivity index (χ4v) is 3.13. The maximum Gasteiger partial charge on any atom is 0.132 e. The molecule has 2 rings (SSSR count). The SMILES string of the molecule is O=C1CCCCCCC=CCC2CC2CCCC1. The fourth-order valence-electron chi connectivity index (χ4n) is 3.13. The molecule has 2 unspecified atom stereocenters. The molecule has 0 radical (unpaired) electrons. The van der Waals surface area contributed by atoms with Crippen LogP contribution < -0.4 is 0 Å². The first-order valence-electron chi connectivity index (χ1n) is 8.03. The van der Waals surface area contributed by atoms with Gasteiger partial charge in [-0.3, -0.25) is 4.79 Å². The van der Waals surface area contributed by atoms with Crippen LogP contribution in [0, 0.1) is 11.8 Å². The third kappa shape index (κ3) is 5.37. The average Bonchev–Trinajstić information content (AvgIpc) is 3.10. The van der Waals surface area contributed by atoms with Crippen molar-refractivity contribution in [1.29, 1.82) is 0 Å². The summed E-state index contributed by atoms with van der Waals surface area (Å²) < 4.78 is 0. The molecule has 1 nitrogen and oxygen atoms in total. The summed E-state index contributed by atoms with van der Waals surface area (Å²) in [6.07, 6.45) is 19.2. The summed E-state index contributed by atoms with van der Waals surface area (Å²) in [6.45, 7) is 0. The highest BCUT2D eigenvalue weighted by molar-refractivity contribution is 5.78. The monoisotopic (exact) mass is 248 g/mol. The molecule has 1 saturated carbocycles. The number of hydrogen-bond donors (Lipinski definition) is 0. The predicted octanol–water partition coefficient (Wildman–Crippen LogP) is 5.05. The Hall–Kier alpha value is -0.590. The highest BCUT2D eigenvalue weighted by atomic mass is 16.1. The molecule has 18 heavy (non-hydrogen) atoms. The molecule has 0 aromatic carbocycles. The molecule has 102 valence electrons. The average molecular weight is 248 g/mol. The fraction of sp³-hybridized carbons (Fsp3) is 0.824. The summed E-state index contributed by atoms with van der Waals surface area (Å²) in [5, 5.41) is 0. The van der Waals surface area contributed by atoms with Gasteiger partial charge >= 0.3 is 0 Å². The first-order valence-corrected chi connectivity index (χ1v) is 8.03. The quantitative estimate of drug-likeness (QED) is 0.548. The lowest BCUT2D eigenvalue weighted by molar-refractivity contribution is -0.119. The zero-order valence-electron chi connectivity index (χ0n) is 11.7. The molecule has 2 aliphatic rings. The second-order valence-corrected chi connectivity index (χ2v) is 6.20. The van der Waals surface area contributed by atoms with Crippen molar-refractivity contribution in [3.8, 4) is 0 Å². The van der Waals surface area contributed by atoms with E-state index in [1.54, 1.807) is 0 Å². The number of hydrogen-bond acceptors (Lipinski definition) is 1. The summed E-state index contributed by atoms with van der Waals surface area (Å²) in [5.41, 5.74) is 0. The second kappa shape index (κ2) is 7.76. The summed E-state index contributed by atoms with van der Waals surface area (Å²) in [6, 6.07) is 0. The molecule has 0 spiro atoms. The lowest BCUT2D eigenvalue weighted by Gasteiger charge is -2.03. The Labute approximate surface area is 112 Å². The molecule has 0 bridgehead atoms. The second-order valence-electron chi connectivity index (χ2n) is 6.20. The van der Waals surface area contributed by atoms with Crippen LogP contribution >= 0.6 is 0 Å². The Balaban J connectivity index is 1.70. The minimum absolute atomic E-state index is 0.509. The Bertz CT molecular complexity index is 279. The molecule has 0 saturated heterocycles. The standard InChI is InChI=1S/C17H28O/c18-17-12-7-5-3-1-2-4-6-10-15-14-16(15)11-8-9-13-17/h4,6,15-16H,1-3,5,7-14H2. The van der Waals surface area contributed by atoms with Gasteiger partial charge in [0.2, 0.25) is 0 Å². The van der Waals surface area contributed by atoms with Crippen LogP contribution in [-0.2, 0) is 4.79 Å². The Kier molecular flexibility index (Phi) is 5.96. The molecule has 1 heteroatoms. The third-order valence-electron chi connectivity index (χ3n) is 4.53. The van der Waals surface area contributed by atoms with Crippen molar-refractivity contribution in [2.75, 3.05) is 0 Å². The molecule has 0 N–H and O–H groups in total. The van der Waals surface area contributed by atoms with Crippen molar-refractivity contribution in [2.45, 2.75) is 77.0 Å². The van der Waals surface area contributed by atoms with Crippen molar-refractivity contribution < 1.29 is 4.79 Å². The smallest absolute Gasteiger partial charge is 0.132 e. The van der Waals surface area contributed by atoms with Gasteiger partial charge in [0.1, 0.15) is 5.78 Å². The van der Waals surface area contributed by atoms with Crippen molar-refractivity contribution in [3.05, 3.63) is 12.2 Å². The number of rotatable bonds is 0. The van der Waals surface area contributed by atoms with Crippen LogP contribution in [0.3, 0.4) is 0 Å². The summed E-state index contributed by atoms with van der Waals surface area (Å²) >= 11 is 0. The molecule has 0 heterocycles. The first-order chi connectivity index (χ1) is 8.86. The number of fused-ring (bicyclic) bond motifs is 1. The highest BCUT2D eigenvalue weighted by Crippen LogP contribution is 2.45. The zero-order valence-corrected chi connectivity index (χ0v) is 11.7. The van der Waals surface area contributed by atoms with Crippen LogP contribution in [0.4, 0.5) is 0 Å². The zero-order chi connectivity index (χ0) is 12.6. The Morgan fingerprint density at radius 2 is 1.61 bits per heavy atom. The third-order valence-corrected chi connectivity index (χ3v) is 4.53. The Morgan fingerprint density at radius 1 is 0.833 bits per heavy atom. The molecule has 0 amide bonds. The normalized spacial score (nSPS) is 31.9. The van der Waals surface area contributed by atoms with Crippen LogP contribution in [-0.4, -0.2) is 5.78 Å². The van der Waals surface area contributed by atoms with E-state index in [9.17, 15) is 4.79 Å². The van der Waals surface area contributed by atoms with Crippen LogP contribution in [0.25, 0.3) is 0 Å². The molecular weight excluding hydrogens is 220 g/mol. The van der Waals surface area contributed by atoms with Crippen molar-refractivity contribution >= 4 is 5.78 Å². The van der Waals surface area contributed by atoms with Gasteiger partial charge in [-0.1, -0.05) is 37.8 Å². The van der Waals surface area contributed by atoms with Crippen LogP contribution in [0.15, 0.2) is 12.2 Å².